The van der Waals surface area contributed by atoms with E-state index in [1.165, 1.54) is 10.9 Å². The van der Waals surface area contributed by atoms with Crippen molar-refractivity contribution in [3.8, 4) is 11.3 Å². The van der Waals surface area contributed by atoms with Gasteiger partial charge in [0.2, 0.25) is 0 Å². The van der Waals surface area contributed by atoms with Gasteiger partial charge in [0.25, 0.3) is 0 Å². The Morgan fingerprint density at radius 1 is 0.952 bits per heavy atom. The molecule has 1 unspecified atom stereocenters. The maximum atomic E-state index is 5.91. The molecule has 1 atom stereocenters. The van der Waals surface area contributed by atoms with E-state index in [0.29, 0.717) is 0 Å². The second kappa shape index (κ2) is 5.30. The Kier molecular flexibility index (Phi) is 3.17. The summed E-state index contributed by atoms with van der Waals surface area (Å²) in [4.78, 5) is 4.82. The highest BCUT2D eigenvalue weighted by atomic mass is 16.5. The van der Waals surface area contributed by atoms with E-state index < -0.39 is 0 Å². The highest BCUT2D eigenvalue weighted by molar-refractivity contribution is 5.85. The number of nitrogens with zero attached hydrogens (tertiary/aromatic N) is 1. The van der Waals surface area contributed by atoms with Crippen LogP contribution in [0.25, 0.3) is 22.2 Å². The van der Waals surface area contributed by atoms with Crippen molar-refractivity contribution in [1.29, 1.82) is 0 Å². The second-order valence-electron chi connectivity index (χ2n) is 5.48. The zero-order chi connectivity index (χ0) is 14.1. The van der Waals surface area contributed by atoms with Gasteiger partial charge in [-0.25, -0.2) is 4.98 Å². The van der Waals surface area contributed by atoms with Crippen LogP contribution < -0.4 is 0 Å². The fourth-order valence-corrected chi connectivity index (χ4v) is 3.05. The number of fused-ring (bicyclic) bond motifs is 1. The summed E-state index contributed by atoms with van der Waals surface area (Å²) in [5.74, 6) is 0. The monoisotopic (exact) mass is 275 g/mol. The summed E-state index contributed by atoms with van der Waals surface area (Å²) in [6, 6.07) is 20.9. The quantitative estimate of drug-likeness (QED) is 0.673. The number of pyridine rings is 1. The minimum absolute atomic E-state index is 0.209. The van der Waals surface area contributed by atoms with Gasteiger partial charge < -0.3 is 4.74 Å². The molecule has 0 bridgehead atoms. The molecule has 1 aliphatic heterocycles. The van der Waals surface area contributed by atoms with Crippen molar-refractivity contribution >= 4 is 10.9 Å². The van der Waals surface area contributed by atoms with E-state index in [0.717, 1.165) is 36.2 Å². The van der Waals surface area contributed by atoms with Crippen LogP contribution in [0.2, 0.25) is 0 Å². The highest BCUT2D eigenvalue weighted by Gasteiger charge is 2.21. The van der Waals surface area contributed by atoms with Crippen LogP contribution >= 0.6 is 0 Å². The zero-order valence-electron chi connectivity index (χ0n) is 11.8. The maximum Gasteiger partial charge on any atom is 0.0833 e. The third-order valence-electron chi connectivity index (χ3n) is 4.09. The molecule has 4 rings (SSSR count). The lowest BCUT2D eigenvalue weighted by Gasteiger charge is -2.15. The first kappa shape index (κ1) is 12.5. The number of ether oxygens (including phenoxy) is 1. The largest absolute Gasteiger partial charge is 0.374 e. The fraction of sp³-hybridized carbons (Fsp3) is 0.211. The molecule has 2 heterocycles. The average molecular weight is 275 g/mol. The first-order chi connectivity index (χ1) is 10.4. The summed E-state index contributed by atoms with van der Waals surface area (Å²) >= 11 is 0. The van der Waals surface area contributed by atoms with Gasteiger partial charge in [-0.1, -0.05) is 48.5 Å². The minimum Gasteiger partial charge on any atom is -0.374 e. The Balaban J connectivity index is 1.93. The van der Waals surface area contributed by atoms with Gasteiger partial charge >= 0.3 is 0 Å². The summed E-state index contributed by atoms with van der Waals surface area (Å²) in [5.41, 5.74) is 4.50. The van der Waals surface area contributed by atoms with Gasteiger partial charge in [0, 0.05) is 17.6 Å². The first-order valence-corrected chi connectivity index (χ1v) is 7.48. The SMILES string of the molecule is c1ccc(-c2cc(C3CCCO3)c3ccccc3n2)cc1. The maximum absolute atomic E-state index is 5.91. The molecular weight excluding hydrogens is 258 g/mol. The van der Waals surface area contributed by atoms with Gasteiger partial charge in [0.1, 0.15) is 0 Å². The van der Waals surface area contributed by atoms with Gasteiger partial charge in [-0.3, -0.25) is 0 Å². The van der Waals surface area contributed by atoms with Crippen molar-refractivity contribution in [2.45, 2.75) is 18.9 Å². The number of hydrogen-bond acceptors (Lipinski definition) is 2. The van der Waals surface area contributed by atoms with E-state index >= 15 is 0 Å². The first-order valence-electron chi connectivity index (χ1n) is 7.48. The van der Waals surface area contributed by atoms with Crippen molar-refractivity contribution in [1.82, 2.24) is 4.98 Å². The predicted octanol–water partition coefficient (Wildman–Crippen LogP) is 4.75. The van der Waals surface area contributed by atoms with Gasteiger partial charge in [0.05, 0.1) is 17.3 Å². The molecule has 0 N–H and O–H groups in total. The van der Waals surface area contributed by atoms with Crippen molar-refractivity contribution in [2.75, 3.05) is 6.61 Å². The van der Waals surface area contributed by atoms with Gasteiger partial charge in [-0.05, 0) is 30.5 Å². The summed E-state index contributed by atoms with van der Waals surface area (Å²) < 4.78 is 5.91. The van der Waals surface area contributed by atoms with Gasteiger partial charge in [-0.15, -0.1) is 0 Å². The van der Waals surface area contributed by atoms with Crippen LogP contribution in [-0.2, 0) is 4.74 Å². The van der Waals surface area contributed by atoms with Crippen LogP contribution in [0.1, 0.15) is 24.5 Å². The van der Waals surface area contributed by atoms with E-state index in [4.69, 9.17) is 9.72 Å². The zero-order valence-corrected chi connectivity index (χ0v) is 11.8. The number of rotatable bonds is 2. The highest BCUT2D eigenvalue weighted by Crippen LogP contribution is 2.35. The fourth-order valence-electron chi connectivity index (χ4n) is 3.05. The molecule has 1 aliphatic rings. The molecule has 2 heteroatoms. The van der Waals surface area contributed by atoms with Crippen molar-refractivity contribution in [3.63, 3.8) is 0 Å². The predicted molar refractivity (Wildman–Crippen MR) is 85.1 cm³/mol. The molecule has 104 valence electrons. The van der Waals surface area contributed by atoms with Crippen LogP contribution in [0.15, 0.2) is 60.7 Å². The van der Waals surface area contributed by atoms with Crippen LogP contribution in [0.4, 0.5) is 0 Å². The van der Waals surface area contributed by atoms with E-state index in [9.17, 15) is 0 Å². The molecule has 0 radical (unpaired) electrons. The van der Waals surface area contributed by atoms with E-state index in [2.05, 4.69) is 48.5 Å². The van der Waals surface area contributed by atoms with Crippen LogP contribution in [0.3, 0.4) is 0 Å². The molecular formula is C19H17NO. The molecule has 0 spiro atoms. The average Bonchev–Trinajstić information content (AvgIpc) is 3.09. The lowest BCUT2D eigenvalue weighted by atomic mass is 9.99. The van der Waals surface area contributed by atoms with E-state index in [1.807, 2.05) is 12.1 Å². The third-order valence-corrected chi connectivity index (χ3v) is 4.09. The Bertz CT molecular complexity index is 761. The number of hydrogen-bond donors (Lipinski definition) is 0. The Morgan fingerprint density at radius 3 is 2.57 bits per heavy atom. The Morgan fingerprint density at radius 2 is 1.76 bits per heavy atom. The third kappa shape index (κ3) is 2.32. The smallest absolute Gasteiger partial charge is 0.0833 e. The van der Waals surface area contributed by atoms with Gasteiger partial charge in [0.15, 0.2) is 0 Å². The van der Waals surface area contributed by atoms with Gasteiger partial charge in [-0.2, -0.15) is 0 Å². The summed E-state index contributed by atoms with van der Waals surface area (Å²) in [6.45, 7) is 0.863. The minimum atomic E-state index is 0.209. The van der Waals surface area contributed by atoms with E-state index in [-0.39, 0.29) is 6.10 Å². The molecule has 2 aromatic carbocycles. The molecule has 0 amide bonds. The van der Waals surface area contributed by atoms with E-state index in [1.54, 1.807) is 0 Å². The van der Waals surface area contributed by atoms with Crippen LogP contribution in [-0.4, -0.2) is 11.6 Å². The van der Waals surface area contributed by atoms with Crippen LogP contribution in [0.5, 0.6) is 0 Å². The topological polar surface area (TPSA) is 22.1 Å². The summed E-state index contributed by atoms with van der Waals surface area (Å²) in [7, 11) is 0. The molecule has 0 aliphatic carbocycles. The molecule has 3 aromatic rings. The normalized spacial score (nSPS) is 18.2. The summed E-state index contributed by atoms with van der Waals surface area (Å²) in [5, 5.41) is 1.21. The number of aromatic nitrogens is 1. The second-order valence-corrected chi connectivity index (χ2v) is 5.48. The molecule has 1 aromatic heterocycles. The lowest BCUT2D eigenvalue weighted by Crippen LogP contribution is -1.99. The van der Waals surface area contributed by atoms with Crippen molar-refractivity contribution in [2.24, 2.45) is 0 Å². The molecule has 21 heavy (non-hydrogen) atoms. The van der Waals surface area contributed by atoms with Crippen LogP contribution in [0, 0.1) is 0 Å². The standard InChI is InChI=1S/C19H17NO/c1-2-7-14(8-3-1)18-13-16(19-11-6-12-21-19)15-9-4-5-10-17(15)20-18/h1-5,7-10,13,19H,6,11-12H2. The van der Waals surface area contributed by atoms with Crippen molar-refractivity contribution in [3.05, 3.63) is 66.2 Å². The number of benzene rings is 2. The Hall–Kier alpha value is -2.19. The molecule has 1 fully saturated rings. The lowest BCUT2D eigenvalue weighted by molar-refractivity contribution is 0.113. The van der Waals surface area contributed by atoms with Crippen molar-refractivity contribution < 1.29 is 4.74 Å². The molecule has 1 saturated heterocycles. The molecule has 0 saturated carbocycles. The number of para-hydroxylation sites is 1. The Labute approximate surface area is 124 Å². The summed E-state index contributed by atoms with van der Waals surface area (Å²) in [6.07, 6.45) is 2.45. The molecule has 2 nitrogen and oxygen atoms in total.